The van der Waals surface area contributed by atoms with Gasteiger partial charge in [-0.1, -0.05) is 0 Å². The van der Waals surface area contributed by atoms with Gasteiger partial charge in [0.1, 0.15) is 0 Å². The molecule has 2 aromatic heterocycles. The van der Waals surface area contributed by atoms with E-state index in [4.69, 9.17) is 0 Å². The molecule has 1 N–H and O–H groups in total. The van der Waals surface area contributed by atoms with E-state index in [1.165, 1.54) is 0 Å². The predicted molar refractivity (Wildman–Crippen MR) is 63.7 cm³/mol. The smallest absolute Gasteiger partial charge is 0.246 e. The molecule has 0 unspecified atom stereocenters. The highest BCUT2D eigenvalue weighted by Crippen LogP contribution is 2.11. The lowest BCUT2D eigenvalue weighted by molar-refractivity contribution is -0.120. The Hall–Kier alpha value is -1.69. The van der Waals surface area contributed by atoms with Crippen molar-refractivity contribution in [2.75, 3.05) is 0 Å². The highest BCUT2D eigenvalue weighted by Gasteiger charge is 2.07. The molecule has 0 bridgehead atoms. The fraction of sp³-hybridized carbons (Fsp3) is 0.300. The van der Waals surface area contributed by atoms with Crippen LogP contribution in [0.25, 0.3) is 4.96 Å². The number of hydrogen-bond donors (Lipinski definition) is 1. The lowest BCUT2D eigenvalue weighted by Crippen LogP contribution is -2.20. The Bertz CT molecular complexity index is 507. The molecule has 16 heavy (non-hydrogen) atoms. The number of carbonyl (C=O) groups is 1. The van der Waals surface area contributed by atoms with E-state index in [9.17, 15) is 4.79 Å². The van der Waals surface area contributed by atoms with Crippen LogP contribution in [0.3, 0.4) is 0 Å². The van der Waals surface area contributed by atoms with Gasteiger partial charge in [0.2, 0.25) is 5.91 Å². The van der Waals surface area contributed by atoms with E-state index in [0.29, 0.717) is 0 Å². The summed E-state index contributed by atoms with van der Waals surface area (Å²) in [7, 11) is 0. The quantitative estimate of drug-likeness (QED) is 0.647. The summed E-state index contributed by atoms with van der Waals surface area (Å²) in [6, 6.07) is 0. The molecule has 2 rings (SSSR count). The first-order valence-corrected chi connectivity index (χ1v) is 5.74. The Morgan fingerprint density at radius 3 is 3.12 bits per heavy atom. The molecule has 0 aliphatic rings. The van der Waals surface area contributed by atoms with Crippen molar-refractivity contribution < 1.29 is 4.79 Å². The molecule has 0 saturated carbocycles. The van der Waals surface area contributed by atoms with E-state index in [1.54, 1.807) is 11.3 Å². The average molecular weight is 236 g/mol. The van der Waals surface area contributed by atoms with Gasteiger partial charge < -0.3 is 0 Å². The number of rotatable bonds is 3. The van der Waals surface area contributed by atoms with Crippen LogP contribution < -0.4 is 5.43 Å². The lowest BCUT2D eigenvalue weighted by atomic mass is 10.3. The van der Waals surface area contributed by atoms with Gasteiger partial charge in [-0.25, -0.2) is 10.4 Å². The molecule has 1 amide bonds. The summed E-state index contributed by atoms with van der Waals surface area (Å²) < 4.78 is 1.90. The Morgan fingerprint density at radius 1 is 1.62 bits per heavy atom. The Labute approximate surface area is 96.8 Å². The predicted octanol–water partition coefficient (Wildman–Crippen LogP) is 1.45. The summed E-state index contributed by atoms with van der Waals surface area (Å²) >= 11 is 1.55. The summed E-state index contributed by atoms with van der Waals surface area (Å²) in [6.45, 7) is 3.65. The number of carbonyl (C=O) groups excluding carboxylic acids is 1. The zero-order valence-electron chi connectivity index (χ0n) is 9.10. The number of imidazole rings is 1. The molecule has 0 spiro atoms. The Kier molecular flexibility index (Phi) is 3.00. The number of thiazole rings is 1. The maximum absolute atomic E-state index is 11.5. The zero-order valence-corrected chi connectivity index (χ0v) is 9.91. The van der Waals surface area contributed by atoms with Crippen LogP contribution >= 0.6 is 11.3 Å². The number of nitrogens with one attached hydrogen (secondary N) is 1. The summed E-state index contributed by atoms with van der Waals surface area (Å²) in [5.74, 6) is -0.146. The molecule has 0 radical (unpaired) electrons. The molecule has 6 heteroatoms. The number of hydrazone groups is 1. The van der Waals surface area contributed by atoms with E-state index >= 15 is 0 Å². The van der Waals surface area contributed by atoms with Crippen LogP contribution in [-0.2, 0) is 11.2 Å². The number of nitrogens with zero attached hydrogens (tertiary/aromatic N) is 3. The van der Waals surface area contributed by atoms with Crippen molar-refractivity contribution in [2.24, 2.45) is 5.10 Å². The van der Waals surface area contributed by atoms with Gasteiger partial charge in [0.05, 0.1) is 12.1 Å². The van der Waals surface area contributed by atoms with Gasteiger partial charge in [-0.3, -0.25) is 9.20 Å². The van der Waals surface area contributed by atoms with Gasteiger partial charge >= 0.3 is 0 Å². The van der Waals surface area contributed by atoms with Crippen molar-refractivity contribution >= 4 is 27.9 Å². The highest BCUT2D eigenvalue weighted by molar-refractivity contribution is 7.15. The summed E-state index contributed by atoms with van der Waals surface area (Å²) in [5.41, 5.74) is 4.05. The summed E-state index contributed by atoms with van der Waals surface area (Å²) in [6.07, 6.45) is 4.03. The number of fused-ring (bicyclic) bond motifs is 1. The second kappa shape index (κ2) is 4.44. The van der Waals surface area contributed by atoms with Crippen LogP contribution in [0.4, 0.5) is 0 Å². The fourth-order valence-electron chi connectivity index (χ4n) is 1.24. The first kappa shape index (κ1) is 10.8. The van der Waals surface area contributed by atoms with Gasteiger partial charge in [0, 0.05) is 23.5 Å². The third-order valence-corrected chi connectivity index (χ3v) is 2.66. The van der Waals surface area contributed by atoms with Crippen LogP contribution in [0.1, 0.15) is 19.5 Å². The van der Waals surface area contributed by atoms with E-state index in [-0.39, 0.29) is 12.3 Å². The van der Waals surface area contributed by atoms with Crippen LogP contribution in [0, 0.1) is 0 Å². The van der Waals surface area contributed by atoms with Crippen LogP contribution in [0.5, 0.6) is 0 Å². The second-order valence-electron chi connectivity index (χ2n) is 3.60. The second-order valence-corrected chi connectivity index (χ2v) is 4.47. The molecular weight excluding hydrogens is 224 g/mol. The van der Waals surface area contributed by atoms with Gasteiger partial charge in [0.15, 0.2) is 4.96 Å². The SMILES string of the molecule is CC(C)=NNC(=O)Cc1cn2ccsc2n1. The average Bonchev–Trinajstić information content (AvgIpc) is 2.74. The van der Waals surface area contributed by atoms with Gasteiger partial charge in [-0.2, -0.15) is 5.10 Å². The summed E-state index contributed by atoms with van der Waals surface area (Å²) in [5, 5.41) is 5.80. The minimum Gasteiger partial charge on any atom is -0.297 e. The standard InChI is InChI=1S/C10H12N4OS/c1-7(2)12-13-9(15)5-8-6-14-3-4-16-10(14)11-8/h3-4,6H,5H2,1-2H3,(H,13,15). The highest BCUT2D eigenvalue weighted by atomic mass is 32.1. The van der Waals surface area contributed by atoms with Gasteiger partial charge in [0.25, 0.3) is 0 Å². The van der Waals surface area contributed by atoms with Crippen LogP contribution in [-0.4, -0.2) is 21.0 Å². The van der Waals surface area contributed by atoms with Crippen molar-refractivity contribution in [3.63, 3.8) is 0 Å². The molecule has 5 nitrogen and oxygen atoms in total. The van der Waals surface area contributed by atoms with Gasteiger partial charge in [-0.15, -0.1) is 11.3 Å². The zero-order chi connectivity index (χ0) is 11.5. The molecule has 2 aromatic rings. The third-order valence-electron chi connectivity index (χ3n) is 1.89. The van der Waals surface area contributed by atoms with Crippen LogP contribution in [0.2, 0.25) is 0 Å². The molecule has 84 valence electrons. The lowest BCUT2D eigenvalue weighted by Gasteiger charge is -1.96. The van der Waals surface area contributed by atoms with Crippen molar-refractivity contribution in [1.29, 1.82) is 0 Å². The first-order valence-electron chi connectivity index (χ1n) is 4.86. The van der Waals surface area contributed by atoms with E-state index in [0.717, 1.165) is 16.4 Å². The van der Waals surface area contributed by atoms with Crippen molar-refractivity contribution in [2.45, 2.75) is 20.3 Å². The molecule has 0 atom stereocenters. The molecule has 0 saturated heterocycles. The van der Waals surface area contributed by atoms with E-state index in [2.05, 4.69) is 15.5 Å². The summed E-state index contributed by atoms with van der Waals surface area (Å²) in [4.78, 5) is 16.7. The molecule has 0 fully saturated rings. The normalized spacial score (nSPS) is 10.4. The fourth-order valence-corrected chi connectivity index (χ4v) is 1.96. The van der Waals surface area contributed by atoms with E-state index in [1.807, 2.05) is 36.0 Å². The first-order chi connectivity index (χ1) is 7.65. The largest absolute Gasteiger partial charge is 0.297 e. The number of hydrogen-bond acceptors (Lipinski definition) is 4. The van der Waals surface area contributed by atoms with Crippen molar-refractivity contribution in [3.8, 4) is 0 Å². The minimum absolute atomic E-state index is 0.146. The maximum Gasteiger partial charge on any atom is 0.246 e. The maximum atomic E-state index is 11.5. The number of aromatic nitrogens is 2. The topological polar surface area (TPSA) is 58.8 Å². The van der Waals surface area contributed by atoms with Crippen LogP contribution in [0.15, 0.2) is 22.9 Å². The Balaban J connectivity index is 2.02. The minimum atomic E-state index is -0.146. The Morgan fingerprint density at radius 2 is 2.44 bits per heavy atom. The molecule has 2 heterocycles. The molecule has 0 aliphatic heterocycles. The van der Waals surface area contributed by atoms with Gasteiger partial charge in [-0.05, 0) is 13.8 Å². The third kappa shape index (κ3) is 2.46. The number of amides is 1. The van der Waals surface area contributed by atoms with E-state index < -0.39 is 0 Å². The van der Waals surface area contributed by atoms with Crippen molar-refractivity contribution in [3.05, 3.63) is 23.5 Å². The van der Waals surface area contributed by atoms with Crippen molar-refractivity contribution in [1.82, 2.24) is 14.8 Å². The monoisotopic (exact) mass is 236 g/mol. The molecular formula is C10H12N4OS. The molecule has 0 aromatic carbocycles. The molecule has 0 aliphatic carbocycles.